The van der Waals surface area contributed by atoms with E-state index in [9.17, 15) is 0 Å². The Balaban J connectivity index is 1.94. The maximum absolute atomic E-state index is 6.30. The zero-order chi connectivity index (χ0) is 15.0. The molecule has 0 fully saturated rings. The number of nitrogens with zero attached hydrogens (tertiary/aromatic N) is 2. The van der Waals surface area contributed by atoms with Crippen molar-refractivity contribution in [3.05, 3.63) is 63.8 Å². The van der Waals surface area contributed by atoms with Crippen LogP contribution in [0.4, 0.5) is 0 Å². The summed E-state index contributed by atoms with van der Waals surface area (Å²) in [7, 11) is 1.94. The highest BCUT2D eigenvalue weighted by molar-refractivity contribution is 6.34. The normalized spacial score (nSPS) is 12.8. The van der Waals surface area contributed by atoms with Gasteiger partial charge in [0.1, 0.15) is 0 Å². The molecule has 2 N–H and O–H groups in total. The molecule has 1 unspecified atom stereocenters. The monoisotopic (exact) mass is 319 g/mol. The molecule has 0 radical (unpaired) electrons. The highest BCUT2D eigenvalue weighted by atomic mass is 35.5. The van der Waals surface area contributed by atoms with E-state index in [1.54, 1.807) is 6.07 Å². The Morgan fingerprint density at radius 1 is 1.14 bits per heavy atom. The van der Waals surface area contributed by atoms with Gasteiger partial charge in [-0.3, -0.25) is 4.68 Å². The molecule has 2 aromatic carbocycles. The van der Waals surface area contributed by atoms with Gasteiger partial charge in [-0.25, -0.2) is 0 Å². The van der Waals surface area contributed by atoms with Crippen LogP contribution in [-0.4, -0.2) is 9.78 Å². The van der Waals surface area contributed by atoms with Gasteiger partial charge in [0.2, 0.25) is 0 Å². The molecular formula is C16H15Cl2N3. The van der Waals surface area contributed by atoms with Crippen LogP contribution in [0.3, 0.4) is 0 Å². The first kappa shape index (κ1) is 14.4. The Hall–Kier alpha value is -1.55. The van der Waals surface area contributed by atoms with Gasteiger partial charge in [0.25, 0.3) is 0 Å². The second kappa shape index (κ2) is 5.68. The topological polar surface area (TPSA) is 43.8 Å². The van der Waals surface area contributed by atoms with Crippen LogP contribution in [0.2, 0.25) is 10.0 Å². The van der Waals surface area contributed by atoms with Crippen LogP contribution in [0.1, 0.15) is 17.3 Å². The van der Waals surface area contributed by atoms with Gasteiger partial charge in [0, 0.05) is 34.9 Å². The van der Waals surface area contributed by atoms with Gasteiger partial charge >= 0.3 is 0 Å². The average Bonchev–Trinajstić information content (AvgIpc) is 2.75. The van der Waals surface area contributed by atoms with E-state index in [0.717, 1.165) is 22.2 Å². The van der Waals surface area contributed by atoms with Crippen LogP contribution >= 0.6 is 23.2 Å². The van der Waals surface area contributed by atoms with E-state index in [1.807, 2.05) is 42.1 Å². The SMILES string of the molecule is Cn1nc(CC(N)c2cc(Cl)cc(Cl)c2)c2ccccc21. The predicted molar refractivity (Wildman–Crippen MR) is 87.8 cm³/mol. The number of aromatic nitrogens is 2. The minimum absolute atomic E-state index is 0.195. The lowest BCUT2D eigenvalue weighted by molar-refractivity contribution is 0.682. The summed E-state index contributed by atoms with van der Waals surface area (Å²) in [6, 6.07) is 13.3. The van der Waals surface area contributed by atoms with E-state index in [2.05, 4.69) is 11.2 Å². The average molecular weight is 320 g/mol. The van der Waals surface area contributed by atoms with E-state index in [4.69, 9.17) is 28.9 Å². The standard InChI is InChI=1S/C16H15Cl2N3/c1-21-16-5-3-2-4-13(16)15(20-21)9-14(19)10-6-11(17)8-12(18)7-10/h2-8,14H,9,19H2,1H3. The largest absolute Gasteiger partial charge is 0.324 e. The molecule has 1 heterocycles. The minimum atomic E-state index is -0.195. The Morgan fingerprint density at radius 3 is 2.52 bits per heavy atom. The molecule has 0 aliphatic rings. The number of benzene rings is 2. The van der Waals surface area contributed by atoms with Crippen molar-refractivity contribution in [3.8, 4) is 0 Å². The van der Waals surface area contributed by atoms with Gasteiger partial charge in [-0.1, -0.05) is 41.4 Å². The van der Waals surface area contributed by atoms with Crippen molar-refractivity contribution in [1.82, 2.24) is 9.78 Å². The van der Waals surface area contributed by atoms with Gasteiger partial charge in [-0.05, 0) is 29.8 Å². The number of aryl methyl sites for hydroxylation is 1. The summed E-state index contributed by atoms with van der Waals surface area (Å²) < 4.78 is 1.88. The van der Waals surface area contributed by atoms with Crippen molar-refractivity contribution in [2.45, 2.75) is 12.5 Å². The molecule has 1 aromatic heterocycles. The molecule has 3 nitrogen and oxygen atoms in total. The summed E-state index contributed by atoms with van der Waals surface area (Å²) in [4.78, 5) is 0. The first-order valence-electron chi connectivity index (χ1n) is 6.67. The second-order valence-electron chi connectivity index (χ2n) is 5.10. The lowest BCUT2D eigenvalue weighted by atomic mass is 10.0. The first-order valence-corrected chi connectivity index (χ1v) is 7.42. The molecular weight excluding hydrogens is 305 g/mol. The first-order chi connectivity index (χ1) is 10.0. The van der Waals surface area contributed by atoms with Crippen molar-refractivity contribution < 1.29 is 0 Å². The summed E-state index contributed by atoms with van der Waals surface area (Å²) in [6.07, 6.45) is 0.637. The molecule has 0 amide bonds. The Kier molecular flexibility index (Phi) is 3.89. The Labute approximate surface area is 133 Å². The second-order valence-corrected chi connectivity index (χ2v) is 5.97. The molecule has 0 aliphatic heterocycles. The quantitative estimate of drug-likeness (QED) is 0.789. The fourth-order valence-corrected chi connectivity index (χ4v) is 3.10. The molecule has 0 spiro atoms. The molecule has 3 aromatic rings. The van der Waals surface area contributed by atoms with E-state index in [-0.39, 0.29) is 6.04 Å². The smallest absolute Gasteiger partial charge is 0.0722 e. The highest BCUT2D eigenvalue weighted by Crippen LogP contribution is 2.26. The number of halogens is 2. The number of hydrogen-bond acceptors (Lipinski definition) is 2. The maximum atomic E-state index is 6.30. The summed E-state index contributed by atoms with van der Waals surface area (Å²) in [5.41, 5.74) is 9.30. The van der Waals surface area contributed by atoms with Crippen molar-refractivity contribution >= 4 is 34.1 Å². The fourth-order valence-electron chi connectivity index (χ4n) is 2.55. The molecule has 0 bridgehead atoms. The van der Waals surface area contributed by atoms with Crippen LogP contribution < -0.4 is 5.73 Å². The van der Waals surface area contributed by atoms with E-state index >= 15 is 0 Å². The van der Waals surface area contributed by atoms with Crippen molar-refractivity contribution in [3.63, 3.8) is 0 Å². The van der Waals surface area contributed by atoms with Crippen LogP contribution in [0.15, 0.2) is 42.5 Å². The highest BCUT2D eigenvalue weighted by Gasteiger charge is 2.14. The van der Waals surface area contributed by atoms with Crippen LogP contribution in [0.5, 0.6) is 0 Å². The third-order valence-electron chi connectivity index (χ3n) is 3.56. The number of nitrogens with two attached hydrogens (primary N) is 1. The van der Waals surface area contributed by atoms with Gasteiger partial charge in [-0.15, -0.1) is 0 Å². The summed E-state index contributed by atoms with van der Waals surface area (Å²) in [6.45, 7) is 0. The van der Waals surface area contributed by atoms with Gasteiger partial charge < -0.3 is 5.73 Å². The zero-order valence-electron chi connectivity index (χ0n) is 11.6. The van der Waals surface area contributed by atoms with Gasteiger partial charge in [0.15, 0.2) is 0 Å². The Morgan fingerprint density at radius 2 is 1.81 bits per heavy atom. The van der Waals surface area contributed by atoms with E-state index in [0.29, 0.717) is 16.5 Å². The lowest BCUT2D eigenvalue weighted by Gasteiger charge is -2.11. The number of fused-ring (bicyclic) bond motifs is 1. The van der Waals surface area contributed by atoms with Gasteiger partial charge in [0.05, 0.1) is 11.2 Å². The molecule has 0 aliphatic carbocycles. The third-order valence-corrected chi connectivity index (χ3v) is 4.00. The number of rotatable bonds is 3. The molecule has 108 valence electrons. The maximum Gasteiger partial charge on any atom is 0.0722 e. The summed E-state index contributed by atoms with van der Waals surface area (Å²) in [5, 5.41) is 6.89. The molecule has 1 atom stereocenters. The van der Waals surface area contributed by atoms with Crippen LogP contribution in [-0.2, 0) is 13.5 Å². The third kappa shape index (κ3) is 2.91. The van der Waals surface area contributed by atoms with Crippen molar-refractivity contribution in [1.29, 1.82) is 0 Å². The summed E-state index contributed by atoms with van der Waals surface area (Å²) in [5.74, 6) is 0. The number of hydrogen-bond donors (Lipinski definition) is 1. The van der Waals surface area contributed by atoms with E-state index < -0.39 is 0 Å². The summed E-state index contributed by atoms with van der Waals surface area (Å²) >= 11 is 12.1. The predicted octanol–water partition coefficient (Wildman–Crippen LogP) is 4.12. The zero-order valence-corrected chi connectivity index (χ0v) is 13.1. The van der Waals surface area contributed by atoms with Crippen molar-refractivity contribution in [2.24, 2.45) is 12.8 Å². The molecule has 5 heteroatoms. The lowest BCUT2D eigenvalue weighted by Crippen LogP contribution is -2.14. The van der Waals surface area contributed by atoms with Crippen molar-refractivity contribution in [2.75, 3.05) is 0 Å². The van der Waals surface area contributed by atoms with E-state index in [1.165, 1.54) is 0 Å². The number of para-hydroxylation sites is 1. The molecule has 21 heavy (non-hydrogen) atoms. The Bertz CT molecular complexity index is 775. The van der Waals surface area contributed by atoms with Crippen LogP contribution in [0.25, 0.3) is 10.9 Å². The van der Waals surface area contributed by atoms with Gasteiger partial charge in [-0.2, -0.15) is 5.10 Å². The molecule has 3 rings (SSSR count). The fraction of sp³-hybridized carbons (Fsp3) is 0.188. The molecule has 0 saturated carbocycles. The minimum Gasteiger partial charge on any atom is -0.324 e. The van der Waals surface area contributed by atoms with Crippen LogP contribution in [0, 0.1) is 0 Å². The molecule has 0 saturated heterocycles.